The minimum absolute atomic E-state index is 0.0495. The van der Waals surface area contributed by atoms with Crippen molar-refractivity contribution in [1.29, 1.82) is 0 Å². The van der Waals surface area contributed by atoms with Gasteiger partial charge in [-0.1, -0.05) is 0 Å². The van der Waals surface area contributed by atoms with E-state index < -0.39 is 0 Å². The van der Waals surface area contributed by atoms with Crippen molar-refractivity contribution in [2.24, 2.45) is 0 Å². The lowest BCUT2D eigenvalue weighted by Gasteiger charge is -2.48. The number of hydrogen-bond acceptors (Lipinski definition) is 5. The second-order valence-electron chi connectivity index (χ2n) is 5.63. The molecule has 1 aromatic heterocycles. The molecule has 3 heterocycles. The highest BCUT2D eigenvalue weighted by atomic mass is 32.2. The fourth-order valence-electron chi connectivity index (χ4n) is 3.13. The molecule has 21 heavy (non-hydrogen) atoms. The van der Waals surface area contributed by atoms with Crippen molar-refractivity contribution in [2.75, 3.05) is 44.4 Å². The number of thioether (sulfide) groups is 1. The number of ether oxygens (including phenoxy) is 1. The first-order valence-electron chi connectivity index (χ1n) is 7.51. The fraction of sp³-hybridized carbons (Fsp3) is 0.667. The number of nitrogens with one attached hydrogen (secondary N) is 1. The van der Waals surface area contributed by atoms with Crippen LogP contribution in [-0.2, 0) is 4.74 Å². The van der Waals surface area contributed by atoms with Crippen LogP contribution in [0.4, 0.5) is 0 Å². The number of thiophene rings is 1. The van der Waals surface area contributed by atoms with Crippen molar-refractivity contribution in [3.8, 4) is 0 Å². The molecule has 0 aliphatic carbocycles. The Hall–Kier alpha value is -0.560. The molecule has 0 atom stereocenters. The van der Waals surface area contributed by atoms with Crippen LogP contribution in [0, 0.1) is 0 Å². The summed E-state index contributed by atoms with van der Waals surface area (Å²) in [4.78, 5) is 14.8. The molecule has 2 aliphatic heterocycles. The van der Waals surface area contributed by atoms with Crippen LogP contribution in [0.1, 0.15) is 23.2 Å². The van der Waals surface area contributed by atoms with E-state index in [1.165, 1.54) is 11.5 Å². The van der Waals surface area contributed by atoms with E-state index in [0.717, 1.165) is 51.3 Å². The highest BCUT2D eigenvalue weighted by Gasteiger charge is 2.39. The molecular weight excluding hydrogens is 304 g/mol. The van der Waals surface area contributed by atoms with Crippen molar-refractivity contribution in [3.05, 3.63) is 22.4 Å². The Balaban J connectivity index is 1.65. The molecule has 0 unspecified atom stereocenters. The van der Waals surface area contributed by atoms with Gasteiger partial charge in [0.25, 0.3) is 5.91 Å². The topological polar surface area (TPSA) is 41.6 Å². The van der Waals surface area contributed by atoms with Crippen LogP contribution in [-0.4, -0.2) is 60.7 Å². The molecule has 4 nitrogen and oxygen atoms in total. The van der Waals surface area contributed by atoms with E-state index in [0.29, 0.717) is 0 Å². The molecule has 2 fully saturated rings. The summed E-state index contributed by atoms with van der Waals surface area (Å²) in [5.41, 5.74) is 0.863. The fourth-order valence-corrected chi connectivity index (χ4v) is 4.67. The van der Waals surface area contributed by atoms with Crippen LogP contribution >= 0.6 is 23.1 Å². The van der Waals surface area contributed by atoms with E-state index in [1.54, 1.807) is 11.3 Å². The smallest absolute Gasteiger partial charge is 0.252 e. The predicted octanol–water partition coefficient (Wildman–Crippen LogP) is 2.08. The summed E-state index contributed by atoms with van der Waals surface area (Å²) in [6.45, 7) is 4.59. The van der Waals surface area contributed by atoms with Gasteiger partial charge in [-0.15, -0.1) is 0 Å². The predicted molar refractivity (Wildman–Crippen MR) is 88.3 cm³/mol. The van der Waals surface area contributed by atoms with Gasteiger partial charge in [-0.25, -0.2) is 0 Å². The maximum absolute atomic E-state index is 12.2. The van der Waals surface area contributed by atoms with Gasteiger partial charge in [-0.3, -0.25) is 9.69 Å². The molecule has 0 bridgehead atoms. The van der Waals surface area contributed by atoms with Crippen LogP contribution in [0.2, 0.25) is 0 Å². The van der Waals surface area contributed by atoms with E-state index in [2.05, 4.69) is 10.2 Å². The van der Waals surface area contributed by atoms with Crippen LogP contribution in [0.3, 0.4) is 0 Å². The van der Waals surface area contributed by atoms with Crippen LogP contribution in [0.25, 0.3) is 0 Å². The zero-order valence-corrected chi connectivity index (χ0v) is 13.8. The lowest BCUT2D eigenvalue weighted by molar-refractivity contribution is -0.0237. The standard InChI is InChI=1S/C15H22N2O2S2/c18-14(13-1-8-21-11-13)16-12-15(2-6-19-7-3-15)17-4-9-20-10-5-17/h1,8,11H,2-7,9-10,12H2,(H,16,18). The molecule has 0 radical (unpaired) electrons. The van der Waals surface area contributed by atoms with Gasteiger partial charge in [0, 0.05) is 60.8 Å². The Morgan fingerprint density at radius 3 is 2.76 bits per heavy atom. The summed E-state index contributed by atoms with van der Waals surface area (Å²) < 4.78 is 5.55. The second-order valence-corrected chi connectivity index (χ2v) is 7.64. The highest BCUT2D eigenvalue weighted by molar-refractivity contribution is 7.99. The first-order valence-corrected chi connectivity index (χ1v) is 9.61. The molecule has 0 spiro atoms. The van der Waals surface area contributed by atoms with E-state index >= 15 is 0 Å². The largest absolute Gasteiger partial charge is 0.381 e. The summed E-state index contributed by atoms with van der Waals surface area (Å²) in [5, 5.41) is 7.01. The third-order valence-electron chi connectivity index (χ3n) is 4.47. The van der Waals surface area contributed by atoms with Gasteiger partial charge in [-0.2, -0.15) is 23.1 Å². The number of amides is 1. The van der Waals surface area contributed by atoms with Gasteiger partial charge >= 0.3 is 0 Å². The zero-order valence-electron chi connectivity index (χ0n) is 12.2. The Morgan fingerprint density at radius 2 is 2.10 bits per heavy atom. The van der Waals surface area contributed by atoms with Crippen LogP contribution in [0.15, 0.2) is 16.8 Å². The van der Waals surface area contributed by atoms with Gasteiger partial charge in [0.2, 0.25) is 0 Å². The monoisotopic (exact) mass is 326 g/mol. The Bertz CT molecular complexity index is 452. The molecule has 2 aliphatic rings. The van der Waals surface area contributed by atoms with E-state index in [1.807, 2.05) is 28.6 Å². The molecule has 1 aromatic rings. The Kier molecular flexibility index (Phi) is 5.21. The molecule has 0 saturated carbocycles. The maximum atomic E-state index is 12.2. The lowest BCUT2D eigenvalue weighted by atomic mass is 9.87. The first kappa shape index (κ1) is 15.3. The molecule has 2 saturated heterocycles. The lowest BCUT2D eigenvalue weighted by Crippen LogP contribution is -2.60. The number of nitrogens with zero attached hydrogens (tertiary/aromatic N) is 1. The Morgan fingerprint density at radius 1 is 1.33 bits per heavy atom. The molecule has 1 N–H and O–H groups in total. The third kappa shape index (κ3) is 3.62. The number of carbonyl (C=O) groups excluding carboxylic acids is 1. The highest BCUT2D eigenvalue weighted by Crippen LogP contribution is 2.30. The summed E-state index contributed by atoms with van der Waals surface area (Å²) in [5.74, 6) is 2.44. The minimum atomic E-state index is 0.0495. The summed E-state index contributed by atoms with van der Waals surface area (Å²) >= 11 is 3.59. The van der Waals surface area contributed by atoms with Gasteiger partial charge in [0.15, 0.2) is 0 Å². The minimum Gasteiger partial charge on any atom is -0.381 e. The molecule has 3 rings (SSSR count). The van der Waals surface area contributed by atoms with Crippen molar-refractivity contribution in [3.63, 3.8) is 0 Å². The van der Waals surface area contributed by atoms with Crippen molar-refractivity contribution in [1.82, 2.24) is 10.2 Å². The zero-order chi connectivity index (χ0) is 14.5. The molecule has 0 aromatic carbocycles. The maximum Gasteiger partial charge on any atom is 0.252 e. The van der Waals surface area contributed by atoms with Crippen molar-refractivity contribution < 1.29 is 9.53 Å². The van der Waals surface area contributed by atoms with Crippen LogP contribution < -0.4 is 5.32 Å². The number of carbonyl (C=O) groups is 1. The summed E-state index contributed by atoms with van der Waals surface area (Å²) in [7, 11) is 0. The molecule has 6 heteroatoms. The Labute approximate surface area is 134 Å². The van der Waals surface area contributed by atoms with E-state index in [4.69, 9.17) is 4.74 Å². The second kappa shape index (κ2) is 7.13. The van der Waals surface area contributed by atoms with Gasteiger partial charge in [0.05, 0.1) is 0 Å². The number of hydrogen-bond donors (Lipinski definition) is 1. The number of rotatable bonds is 4. The van der Waals surface area contributed by atoms with Crippen LogP contribution in [0.5, 0.6) is 0 Å². The quantitative estimate of drug-likeness (QED) is 0.920. The van der Waals surface area contributed by atoms with Gasteiger partial charge in [0.1, 0.15) is 0 Å². The first-order chi connectivity index (χ1) is 10.3. The normalized spacial score (nSPS) is 22.9. The van der Waals surface area contributed by atoms with Gasteiger partial charge < -0.3 is 10.1 Å². The molecule has 116 valence electrons. The average Bonchev–Trinajstić information content (AvgIpc) is 3.09. The molecule has 1 amide bonds. The summed E-state index contributed by atoms with van der Waals surface area (Å²) in [6.07, 6.45) is 2.03. The van der Waals surface area contributed by atoms with Crippen molar-refractivity contribution in [2.45, 2.75) is 18.4 Å². The average molecular weight is 326 g/mol. The summed E-state index contributed by atoms with van der Waals surface area (Å²) in [6, 6.07) is 1.88. The van der Waals surface area contributed by atoms with E-state index in [-0.39, 0.29) is 11.4 Å². The van der Waals surface area contributed by atoms with E-state index in [9.17, 15) is 4.79 Å². The molecular formula is C15H22N2O2S2. The van der Waals surface area contributed by atoms with Crippen molar-refractivity contribution >= 4 is 29.0 Å². The SMILES string of the molecule is O=C(NCC1(N2CCSCC2)CCOCC1)c1ccsc1. The van der Waals surface area contributed by atoms with Gasteiger partial charge in [-0.05, 0) is 24.3 Å². The third-order valence-corrected chi connectivity index (χ3v) is 6.09.